The number of ketones is 2. The Morgan fingerprint density at radius 3 is 2.15 bits per heavy atom. The van der Waals surface area contributed by atoms with Gasteiger partial charge in [-0.2, -0.15) is 0 Å². The number of nitro groups is 1. The van der Waals surface area contributed by atoms with Gasteiger partial charge in [0.25, 0.3) is 5.69 Å². The Labute approximate surface area is 238 Å². The predicted molar refractivity (Wildman–Crippen MR) is 156 cm³/mol. The van der Waals surface area contributed by atoms with Crippen LogP contribution in [0.5, 0.6) is 11.5 Å². The zero-order chi connectivity index (χ0) is 29.9. The third-order valence-electron chi connectivity index (χ3n) is 7.46. The van der Waals surface area contributed by atoms with Crippen LogP contribution in [-0.4, -0.2) is 26.6 Å². The highest BCUT2D eigenvalue weighted by molar-refractivity contribution is 6.31. The molecule has 0 radical (unpaired) electrons. The van der Waals surface area contributed by atoms with Gasteiger partial charge >= 0.3 is 0 Å². The molecule has 1 atom stereocenters. The molecule has 210 valence electrons. The normalized spacial score (nSPS) is 15.3. The van der Waals surface area contributed by atoms with Gasteiger partial charge in [0.05, 0.1) is 10.6 Å². The maximum Gasteiger partial charge on any atom is 0.280 e. The topological polar surface area (TPSA) is 120 Å². The van der Waals surface area contributed by atoms with Crippen LogP contribution in [0.25, 0.3) is 10.9 Å². The largest absolute Gasteiger partial charge is 0.507 e. The van der Waals surface area contributed by atoms with Crippen LogP contribution >= 0.6 is 0 Å². The molecule has 1 aliphatic rings. The molecule has 1 N–H and O–H groups in total. The Hall–Kier alpha value is -4.59. The maximum absolute atomic E-state index is 13.3. The molecule has 3 aromatic carbocycles. The van der Waals surface area contributed by atoms with E-state index in [9.17, 15) is 24.8 Å². The number of aromatic nitrogens is 1. The van der Waals surface area contributed by atoms with Crippen molar-refractivity contribution >= 4 is 28.2 Å². The number of para-hydroxylation sites is 1. The first kappa shape index (κ1) is 28.0. The number of pyridine rings is 1. The fourth-order valence-corrected chi connectivity index (χ4v) is 5.34. The van der Waals surface area contributed by atoms with E-state index in [-0.39, 0.29) is 45.7 Å². The second kappa shape index (κ2) is 9.80. The molecule has 0 saturated heterocycles. The molecular weight excluding hydrogens is 520 g/mol. The fraction of sp³-hybridized carbons (Fsp3) is 0.303. The minimum atomic E-state index is -1.26. The summed E-state index contributed by atoms with van der Waals surface area (Å²) >= 11 is 0. The van der Waals surface area contributed by atoms with Gasteiger partial charge in [0.15, 0.2) is 11.6 Å². The van der Waals surface area contributed by atoms with Gasteiger partial charge in [0, 0.05) is 17.0 Å². The summed E-state index contributed by atoms with van der Waals surface area (Å²) in [7, 11) is 0. The fourth-order valence-electron chi connectivity index (χ4n) is 5.34. The van der Waals surface area contributed by atoms with Crippen LogP contribution in [-0.2, 0) is 17.4 Å². The number of benzene rings is 3. The van der Waals surface area contributed by atoms with Gasteiger partial charge in [0.2, 0.25) is 0 Å². The zero-order valence-electron chi connectivity index (χ0n) is 23.9. The van der Waals surface area contributed by atoms with Crippen LogP contribution in [0, 0.1) is 10.1 Å². The number of aromatic hydroxyl groups is 1. The molecule has 0 amide bonds. The van der Waals surface area contributed by atoms with Gasteiger partial charge in [-0.1, -0.05) is 71.9 Å². The van der Waals surface area contributed by atoms with Crippen molar-refractivity contribution in [1.29, 1.82) is 0 Å². The molecule has 41 heavy (non-hydrogen) atoms. The summed E-state index contributed by atoms with van der Waals surface area (Å²) in [6.45, 7) is 12.5. The van der Waals surface area contributed by atoms with Crippen LogP contribution in [0.2, 0.25) is 0 Å². The number of rotatable bonds is 5. The Bertz CT molecular complexity index is 1710. The Balaban J connectivity index is 1.52. The lowest BCUT2D eigenvalue weighted by Gasteiger charge is -2.28. The number of phenols is 1. The average molecular weight is 553 g/mol. The van der Waals surface area contributed by atoms with Gasteiger partial charge in [-0.3, -0.25) is 19.7 Å². The standard InChI is InChI=1S/C33H32N2O6/c1-32(2,3)21-15-18(16-22(30(21)37)33(4,5)6)17-41-25-12-7-9-19-13-14-23(34-28(19)25)27-29(36)20-10-8-11-24(35(39)40)26(20)31(27)38/h7-16,27,37H,17H2,1-6H3. The lowest BCUT2D eigenvalue weighted by molar-refractivity contribution is -0.385. The summed E-state index contributed by atoms with van der Waals surface area (Å²) in [5.41, 5.74) is 2.13. The second-order valence-corrected chi connectivity index (χ2v) is 12.5. The molecule has 0 fully saturated rings. The molecule has 4 aromatic rings. The highest BCUT2D eigenvalue weighted by Gasteiger charge is 2.44. The Kier molecular flexibility index (Phi) is 6.68. The molecule has 1 aliphatic carbocycles. The molecule has 1 unspecified atom stereocenters. The van der Waals surface area contributed by atoms with Gasteiger partial charge < -0.3 is 9.84 Å². The number of carbonyl (C=O) groups is 2. The molecule has 8 heteroatoms. The van der Waals surface area contributed by atoms with E-state index in [1.807, 2.05) is 65.8 Å². The van der Waals surface area contributed by atoms with Gasteiger partial charge in [-0.25, -0.2) is 4.98 Å². The predicted octanol–water partition coefficient (Wildman–Crippen LogP) is 7.19. The summed E-state index contributed by atoms with van der Waals surface area (Å²) in [6, 6.07) is 16.8. The monoisotopic (exact) mass is 552 g/mol. The third-order valence-corrected chi connectivity index (χ3v) is 7.46. The minimum Gasteiger partial charge on any atom is -0.507 e. The first-order chi connectivity index (χ1) is 19.2. The van der Waals surface area contributed by atoms with Crippen molar-refractivity contribution in [1.82, 2.24) is 4.98 Å². The molecular formula is C33H32N2O6. The molecule has 5 rings (SSSR count). The van der Waals surface area contributed by atoms with E-state index in [2.05, 4.69) is 4.98 Å². The van der Waals surface area contributed by atoms with Crippen molar-refractivity contribution in [2.45, 2.75) is 64.9 Å². The van der Waals surface area contributed by atoms with Crippen molar-refractivity contribution < 1.29 is 24.4 Å². The molecule has 0 aliphatic heterocycles. The van der Waals surface area contributed by atoms with Crippen molar-refractivity contribution in [3.63, 3.8) is 0 Å². The summed E-state index contributed by atoms with van der Waals surface area (Å²) in [5.74, 6) is -1.64. The molecule has 0 saturated carbocycles. The molecule has 0 bridgehead atoms. The number of carbonyl (C=O) groups excluding carboxylic acids is 2. The Morgan fingerprint density at radius 2 is 1.54 bits per heavy atom. The number of fused-ring (bicyclic) bond motifs is 2. The van der Waals surface area contributed by atoms with Gasteiger partial charge in [-0.15, -0.1) is 0 Å². The van der Waals surface area contributed by atoms with Crippen molar-refractivity contribution in [3.05, 3.63) is 104 Å². The number of nitrogens with zero attached hydrogens (tertiary/aromatic N) is 2. The van der Waals surface area contributed by atoms with E-state index < -0.39 is 22.4 Å². The maximum atomic E-state index is 13.3. The smallest absolute Gasteiger partial charge is 0.280 e. The summed E-state index contributed by atoms with van der Waals surface area (Å²) in [6.07, 6.45) is 0. The SMILES string of the molecule is CC(C)(C)c1cc(COc2cccc3ccc(C4C(=O)c5cccc([N+](=O)[O-])c5C4=O)nc23)cc(C(C)(C)C)c1O. The van der Waals surface area contributed by atoms with E-state index in [1.165, 1.54) is 18.2 Å². The van der Waals surface area contributed by atoms with Crippen LogP contribution in [0.1, 0.15) is 90.6 Å². The van der Waals surface area contributed by atoms with E-state index >= 15 is 0 Å². The van der Waals surface area contributed by atoms with Crippen molar-refractivity contribution in [3.8, 4) is 11.5 Å². The van der Waals surface area contributed by atoms with Crippen LogP contribution in [0.4, 0.5) is 5.69 Å². The summed E-state index contributed by atoms with van der Waals surface area (Å²) < 4.78 is 6.26. The van der Waals surface area contributed by atoms with E-state index in [0.717, 1.165) is 22.1 Å². The molecule has 1 heterocycles. The number of nitro benzene ring substituents is 1. The lowest BCUT2D eigenvalue weighted by Crippen LogP contribution is -2.18. The number of hydrogen-bond donors (Lipinski definition) is 1. The van der Waals surface area contributed by atoms with E-state index in [1.54, 1.807) is 18.2 Å². The molecule has 1 aromatic heterocycles. The van der Waals surface area contributed by atoms with Crippen LogP contribution in [0.15, 0.2) is 60.7 Å². The Morgan fingerprint density at radius 1 is 0.902 bits per heavy atom. The lowest BCUT2D eigenvalue weighted by atomic mass is 9.78. The van der Waals surface area contributed by atoms with E-state index in [4.69, 9.17) is 4.74 Å². The molecule has 8 nitrogen and oxygen atoms in total. The zero-order valence-corrected chi connectivity index (χ0v) is 23.9. The number of ether oxygens (including phenoxy) is 1. The number of Topliss-reactive ketones (excluding diaryl/α,β-unsaturated/α-hetero) is 2. The number of hydrogen-bond acceptors (Lipinski definition) is 7. The quantitative estimate of drug-likeness (QED) is 0.158. The summed E-state index contributed by atoms with van der Waals surface area (Å²) in [4.78, 5) is 42.1. The first-order valence-electron chi connectivity index (χ1n) is 13.4. The third kappa shape index (κ3) is 4.94. The highest BCUT2D eigenvalue weighted by Crippen LogP contribution is 2.41. The van der Waals surface area contributed by atoms with Crippen LogP contribution in [0.3, 0.4) is 0 Å². The van der Waals surface area contributed by atoms with Gasteiger partial charge in [-0.05, 0) is 51.8 Å². The van der Waals surface area contributed by atoms with Crippen molar-refractivity contribution in [2.24, 2.45) is 0 Å². The summed E-state index contributed by atoms with van der Waals surface area (Å²) in [5, 5.41) is 23.3. The van der Waals surface area contributed by atoms with Gasteiger partial charge in [0.1, 0.15) is 35.1 Å². The van der Waals surface area contributed by atoms with E-state index in [0.29, 0.717) is 11.3 Å². The second-order valence-electron chi connectivity index (χ2n) is 12.5. The molecule has 0 spiro atoms. The van der Waals surface area contributed by atoms with Crippen molar-refractivity contribution in [2.75, 3.05) is 0 Å². The van der Waals surface area contributed by atoms with Crippen LogP contribution < -0.4 is 4.74 Å². The minimum absolute atomic E-state index is 0.0391. The first-order valence-corrected chi connectivity index (χ1v) is 13.4. The average Bonchev–Trinajstić information content (AvgIpc) is 3.16. The highest BCUT2D eigenvalue weighted by atomic mass is 16.6. The number of phenolic OH excluding ortho intramolecular Hbond substituents is 1.